The predicted octanol–water partition coefficient (Wildman–Crippen LogP) is 1.92. The molecule has 2 aromatic heterocycles. The van der Waals surface area contributed by atoms with Crippen molar-refractivity contribution in [3.63, 3.8) is 0 Å². The van der Waals surface area contributed by atoms with Crippen molar-refractivity contribution in [2.24, 2.45) is 0 Å². The highest BCUT2D eigenvalue weighted by Gasteiger charge is 2.25. The van der Waals surface area contributed by atoms with Crippen molar-refractivity contribution in [3.05, 3.63) is 48.5 Å². The molecule has 0 radical (unpaired) electrons. The minimum absolute atomic E-state index is 0. The minimum atomic E-state index is 0. The van der Waals surface area contributed by atoms with Crippen LogP contribution in [0, 0.1) is 0 Å². The SMILES string of the molecule is CN1CCNCC1c1noc(-c2cnn(-c3ccccc3)c2)n1.Cl. The molecule has 0 saturated carbocycles. The Labute approximate surface area is 146 Å². The predicted molar refractivity (Wildman–Crippen MR) is 92.3 cm³/mol. The summed E-state index contributed by atoms with van der Waals surface area (Å²) in [5, 5.41) is 11.9. The third-order valence-corrected chi connectivity index (χ3v) is 4.10. The maximum Gasteiger partial charge on any atom is 0.261 e. The number of halogens is 1. The Kier molecular flexibility index (Phi) is 4.94. The number of hydrogen-bond acceptors (Lipinski definition) is 6. The molecule has 0 amide bonds. The molecule has 1 unspecified atom stereocenters. The van der Waals surface area contributed by atoms with Crippen LogP contribution in [0.4, 0.5) is 0 Å². The van der Waals surface area contributed by atoms with Gasteiger partial charge in [0.1, 0.15) is 0 Å². The van der Waals surface area contributed by atoms with E-state index in [1.807, 2.05) is 36.5 Å². The van der Waals surface area contributed by atoms with Gasteiger partial charge in [-0.1, -0.05) is 23.4 Å². The molecular weight excluding hydrogens is 328 g/mol. The zero-order valence-electron chi connectivity index (χ0n) is 13.3. The summed E-state index contributed by atoms with van der Waals surface area (Å²) in [7, 11) is 2.08. The lowest BCUT2D eigenvalue weighted by Crippen LogP contribution is -2.44. The molecule has 1 fully saturated rings. The zero-order valence-corrected chi connectivity index (χ0v) is 14.1. The van der Waals surface area contributed by atoms with Gasteiger partial charge in [-0.15, -0.1) is 12.4 Å². The Bertz CT molecular complexity index is 787. The second-order valence-electron chi connectivity index (χ2n) is 5.67. The molecule has 3 aromatic rings. The summed E-state index contributed by atoms with van der Waals surface area (Å²) in [5.41, 5.74) is 1.81. The molecule has 1 saturated heterocycles. The summed E-state index contributed by atoms with van der Waals surface area (Å²) < 4.78 is 7.23. The molecular formula is C16H19ClN6O. The normalized spacial score (nSPS) is 18.3. The molecule has 126 valence electrons. The molecule has 1 N–H and O–H groups in total. The van der Waals surface area contributed by atoms with E-state index in [0.29, 0.717) is 11.7 Å². The van der Waals surface area contributed by atoms with Gasteiger partial charge in [0, 0.05) is 25.8 Å². The molecule has 0 aliphatic carbocycles. The van der Waals surface area contributed by atoms with Crippen LogP contribution in [0.2, 0.25) is 0 Å². The lowest BCUT2D eigenvalue weighted by atomic mass is 10.2. The molecule has 0 spiro atoms. The van der Waals surface area contributed by atoms with E-state index in [4.69, 9.17) is 4.52 Å². The molecule has 1 aliphatic rings. The van der Waals surface area contributed by atoms with Crippen molar-refractivity contribution in [2.45, 2.75) is 6.04 Å². The van der Waals surface area contributed by atoms with E-state index in [-0.39, 0.29) is 18.4 Å². The second-order valence-corrected chi connectivity index (χ2v) is 5.67. The van der Waals surface area contributed by atoms with Crippen molar-refractivity contribution in [3.8, 4) is 17.1 Å². The Hall–Kier alpha value is -2.22. The minimum Gasteiger partial charge on any atom is -0.334 e. The zero-order chi connectivity index (χ0) is 15.6. The number of rotatable bonds is 3. The van der Waals surface area contributed by atoms with E-state index in [2.05, 4.69) is 32.5 Å². The number of benzene rings is 1. The van der Waals surface area contributed by atoms with E-state index in [0.717, 1.165) is 30.9 Å². The number of hydrogen-bond donors (Lipinski definition) is 1. The molecule has 7 nitrogen and oxygen atoms in total. The van der Waals surface area contributed by atoms with Crippen molar-refractivity contribution in [1.29, 1.82) is 0 Å². The molecule has 8 heteroatoms. The molecule has 1 aromatic carbocycles. The average Bonchev–Trinajstić information content (AvgIpc) is 3.25. The van der Waals surface area contributed by atoms with E-state index >= 15 is 0 Å². The highest BCUT2D eigenvalue weighted by atomic mass is 35.5. The van der Waals surface area contributed by atoms with Gasteiger partial charge < -0.3 is 9.84 Å². The topological polar surface area (TPSA) is 72.0 Å². The summed E-state index contributed by atoms with van der Waals surface area (Å²) in [6, 6.07) is 10.1. The van der Waals surface area contributed by atoms with Gasteiger partial charge in [-0.2, -0.15) is 10.1 Å². The summed E-state index contributed by atoms with van der Waals surface area (Å²) in [6.07, 6.45) is 3.64. The average molecular weight is 347 g/mol. The van der Waals surface area contributed by atoms with Gasteiger partial charge in [0.25, 0.3) is 5.89 Å². The molecule has 24 heavy (non-hydrogen) atoms. The van der Waals surface area contributed by atoms with Crippen LogP contribution < -0.4 is 5.32 Å². The summed E-state index contributed by atoms with van der Waals surface area (Å²) >= 11 is 0. The van der Waals surface area contributed by atoms with Crippen LogP contribution in [0.1, 0.15) is 11.9 Å². The summed E-state index contributed by atoms with van der Waals surface area (Å²) in [6.45, 7) is 2.79. The Morgan fingerprint density at radius 3 is 2.88 bits per heavy atom. The number of aromatic nitrogens is 4. The van der Waals surface area contributed by atoms with Gasteiger partial charge in [-0.05, 0) is 19.2 Å². The van der Waals surface area contributed by atoms with Crippen molar-refractivity contribution < 1.29 is 4.52 Å². The molecule has 1 aliphatic heterocycles. The number of piperazine rings is 1. The van der Waals surface area contributed by atoms with Gasteiger partial charge in [0.15, 0.2) is 5.82 Å². The van der Waals surface area contributed by atoms with Crippen LogP contribution in [-0.2, 0) is 0 Å². The number of likely N-dealkylation sites (N-methyl/N-ethyl adjacent to an activating group) is 1. The first-order chi connectivity index (χ1) is 11.3. The monoisotopic (exact) mass is 346 g/mol. The van der Waals surface area contributed by atoms with Crippen molar-refractivity contribution in [2.75, 3.05) is 26.7 Å². The van der Waals surface area contributed by atoms with Gasteiger partial charge >= 0.3 is 0 Å². The molecule has 4 rings (SSSR count). The lowest BCUT2D eigenvalue weighted by molar-refractivity contribution is 0.190. The van der Waals surface area contributed by atoms with Gasteiger partial charge in [0.2, 0.25) is 0 Å². The first kappa shape index (κ1) is 16.6. The third-order valence-electron chi connectivity index (χ3n) is 4.10. The highest BCUT2D eigenvalue weighted by molar-refractivity contribution is 5.85. The molecule has 0 bridgehead atoms. The van der Waals surface area contributed by atoms with E-state index in [1.165, 1.54) is 0 Å². The Balaban J connectivity index is 0.00000169. The quantitative estimate of drug-likeness (QED) is 0.781. The van der Waals surface area contributed by atoms with Crippen LogP contribution in [0.5, 0.6) is 0 Å². The summed E-state index contributed by atoms with van der Waals surface area (Å²) in [4.78, 5) is 6.78. The van der Waals surface area contributed by atoms with Gasteiger partial charge in [-0.25, -0.2) is 4.68 Å². The van der Waals surface area contributed by atoms with Crippen LogP contribution in [0.15, 0.2) is 47.2 Å². The van der Waals surface area contributed by atoms with Crippen molar-refractivity contribution in [1.82, 2.24) is 30.1 Å². The molecule has 1 atom stereocenters. The first-order valence-electron chi connectivity index (χ1n) is 7.66. The van der Waals surface area contributed by atoms with Crippen LogP contribution in [0.3, 0.4) is 0 Å². The standard InChI is InChI=1S/C16H18N6O.ClH/c1-21-8-7-17-10-14(21)15-19-16(23-20-15)12-9-18-22(11-12)13-5-3-2-4-6-13;/h2-6,9,11,14,17H,7-8,10H2,1H3;1H. The number of para-hydroxylation sites is 1. The van der Waals surface area contributed by atoms with Crippen LogP contribution in [0.25, 0.3) is 17.1 Å². The smallest absolute Gasteiger partial charge is 0.261 e. The fourth-order valence-electron chi connectivity index (χ4n) is 2.74. The van der Waals surface area contributed by atoms with Gasteiger partial charge in [0.05, 0.1) is 23.5 Å². The summed E-state index contributed by atoms with van der Waals surface area (Å²) in [5.74, 6) is 1.21. The maximum absolute atomic E-state index is 5.43. The largest absolute Gasteiger partial charge is 0.334 e. The van der Waals surface area contributed by atoms with E-state index < -0.39 is 0 Å². The maximum atomic E-state index is 5.43. The number of nitrogens with zero attached hydrogens (tertiary/aromatic N) is 5. The highest BCUT2D eigenvalue weighted by Crippen LogP contribution is 2.23. The second kappa shape index (κ2) is 7.12. The fourth-order valence-corrected chi connectivity index (χ4v) is 2.74. The Morgan fingerprint density at radius 2 is 2.08 bits per heavy atom. The first-order valence-corrected chi connectivity index (χ1v) is 7.66. The lowest BCUT2D eigenvalue weighted by Gasteiger charge is -2.30. The van der Waals surface area contributed by atoms with E-state index in [1.54, 1.807) is 10.9 Å². The van der Waals surface area contributed by atoms with Crippen molar-refractivity contribution >= 4 is 12.4 Å². The van der Waals surface area contributed by atoms with E-state index in [9.17, 15) is 0 Å². The fraction of sp³-hybridized carbons (Fsp3) is 0.312. The van der Waals surface area contributed by atoms with Crippen LogP contribution >= 0.6 is 12.4 Å². The number of nitrogens with one attached hydrogen (secondary N) is 1. The van der Waals surface area contributed by atoms with Crippen LogP contribution in [-0.4, -0.2) is 51.5 Å². The van der Waals surface area contributed by atoms with Gasteiger partial charge in [-0.3, -0.25) is 4.90 Å². The third kappa shape index (κ3) is 3.19. The Morgan fingerprint density at radius 1 is 1.25 bits per heavy atom. The molecule has 3 heterocycles.